The third kappa shape index (κ3) is 5.06. The SMILES string of the molecule is CN1CCN(CCC2OCC(CCC(=O)O)O2)CC1. The molecule has 19 heavy (non-hydrogen) atoms. The Hall–Kier alpha value is -0.690. The van der Waals surface area contributed by atoms with Crippen molar-refractivity contribution in [1.29, 1.82) is 0 Å². The van der Waals surface area contributed by atoms with Gasteiger partial charge in [0.2, 0.25) is 0 Å². The van der Waals surface area contributed by atoms with Gasteiger partial charge in [0.15, 0.2) is 6.29 Å². The molecule has 2 aliphatic heterocycles. The zero-order chi connectivity index (χ0) is 13.7. The van der Waals surface area contributed by atoms with Crippen molar-refractivity contribution in [3.63, 3.8) is 0 Å². The minimum atomic E-state index is -0.774. The molecule has 2 rings (SSSR count). The van der Waals surface area contributed by atoms with Gasteiger partial charge in [0.1, 0.15) is 0 Å². The van der Waals surface area contributed by atoms with E-state index in [1.54, 1.807) is 0 Å². The lowest BCUT2D eigenvalue weighted by molar-refractivity contribution is -0.138. The fraction of sp³-hybridized carbons (Fsp3) is 0.923. The highest BCUT2D eigenvalue weighted by Gasteiger charge is 2.26. The lowest BCUT2D eigenvalue weighted by Crippen LogP contribution is -2.45. The van der Waals surface area contributed by atoms with E-state index in [9.17, 15) is 4.79 Å². The van der Waals surface area contributed by atoms with Crippen molar-refractivity contribution in [2.24, 2.45) is 0 Å². The summed E-state index contributed by atoms with van der Waals surface area (Å²) in [5.41, 5.74) is 0. The van der Waals surface area contributed by atoms with Crippen molar-refractivity contribution >= 4 is 5.97 Å². The fourth-order valence-corrected chi connectivity index (χ4v) is 2.45. The summed E-state index contributed by atoms with van der Waals surface area (Å²) in [6.07, 6.45) is 1.36. The second-order valence-corrected chi connectivity index (χ2v) is 5.39. The molecule has 0 spiro atoms. The maximum absolute atomic E-state index is 10.5. The van der Waals surface area contributed by atoms with Crippen LogP contribution in [0.1, 0.15) is 19.3 Å². The molecule has 0 aromatic carbocycles. The summed E-state index contributed by atoms with van der Waals surface area (Å²) in [4.78, 5) is 15.3. The van der Waals surface area contributed by atoms with Gasteiger partial charge >= 0.3 is 5.97 Å². The summed E-state index contributed by atoms with van der Waals surface area (Å²) in [6.45, 7) is 5.96. The van der Waals surface area contributed by atoms with Crippen LogP contribution >= 0.6 is 0 Å². The van der Waals surface area contributed by atoms with E-state index in [-0.39, 0.29) is 18.8 Å². The van der Waals surface area contributed by atoms with Gasteiger partial charge in [0.05, 0.1) is 12.7 Å². The zero-order valence-electron chi connectivity index (χ0n) is 11.6. The first-order valence-electron chi connectivity index (χ1n) is 7.03. The van der Waals surface area contributed by atoms with Gasteiger partial charge in [-0.1, -0.05) is 0 Å². The Morgan fingerprint density at radius 3 is 2.68 bits per heavy atom. The molecule has 6 nitrogen and oxygen atoms in total. The van der Waals surface area contributed by atoms with E-state index in [0.29, 0.717) is 13.0 Å². The van der Waals surface area contributed by atoms with Gasteiger partial charge in [0, 0.05) is 45.6 Å². The summed E-state index contributed by atoms with van der Waals surface area (Å²) in [7, 11) is 2.15. The number of likely N-dealkylation sites (N-methyl/N-ethyl adjacent to an activating group) is 1. The van der Waals surface area contributed by atoms with Gasteiger partial charge in [-0.05, 0) is 13.5 Å². The maximum Gasteiger partial charge on any atom is 0.303 e. The quantitative estimate of drug-likeness (QED) is 0.747. The molecule has 1 N–H and O–H groups in total. The highest BCUT2D eigenvalue weighted by molar-refractivity contribution is 5.66. The smallest absolute Gasteiger partial charge is 0.303 e. The largest absolute Gasteiger partial charge is 0.481 e. The molecule has 0 amide bonds. The summed E-state index contributed by atoms with van der Waals surface area (Å²) in [5.74, 6) is -0.774. The Labute approximate surface area is 114 Å². The topological polar surface area (TPSA) is 62.2 Å². The predicted molar refractivity (Wildman–Crippen MR) is 70.0 cm³/mol. The average Bonchev–Trinajstić information content (AvgIpc) is 2.84. The summed E-state index contributed by atoms with van der Waals surface area (Å²) in [6, 6.07) is 0. The van der Waals surface area contributed by atoms with E-state index in [2.05, 4.69) is 16.8 Å². The molecular formula is C13H24N2O4. The number of ether oxygens (including phenoxy) is 2. The first-order valence-corrected chi connectivity index (χ1v) is 7.03. The van der Waals surface area contributed by atoms with E-state index >= 15 is 0 Å². The van der Waals surface area contributed by atoms with Gasteiger partial charge < -0.3 is 24.4 Å². The molecule has 0 bridgehead atoms. The van der Waals surface area contributed by atoms with Crippen LogP contribution in [0.15, 0.2) is 0 Å². The van der Waals surface area contributed by atoms with Crippen LogP contribution in [0.25, 0.3) is 0 Å². The van der Waals surface area contributed by atoms with Crippen molar-refractivity contribution in [3.05, 3.63) is 0 Å². The summed E-state index contributed by atoms with van der Waals surface area (Å²) in [5, 5.41) is 8.63. The Kier molecular flexibility index (Phi) is 5.57. The van der Waals surface area contributed by atoms with Crippen LogP contribution < -0.4 is 0 Å². The molecule has 2 unspecified atom stereocenters. The molecule has 0 aliphatic carbocycles. The van der Waals surface area contributed by atoms with E-state index in [1.807, 2.05) is 0 Å². The number of hydrogen-bond donors (Lipinski definition) is 1. The standard InChI is InChI=1S/C13H24N2O4/c1-14-6-8-15(9-7-14)5-4-13-18-10-11(19-13)2-3-12(16)17/h11,13H,2-10H2,1H3,(H,16,17). The minimum absolute atomic E-state index is 0.0476. The molecule has 2 aliphatic rings. The second kappa shape index (κ2) is 7.19. The lowest BCUT2D eigenvalue weighted by Gasteiger charge is -2.32. The normalized spacial score (nSPS) is 29.7. The lowest BCUT2D eigenvalue weighted by atomic mass is 10.2. The second-order valence-electron chi connectivity index (χ2n) is 5.39. The van der Waals surface area contributed by atoms with Crippen molar-refractivity contribution in [1.82, 2.24) is 9.80 Å². The third-order valence-corrected chi connectivity index (χ3v) is 3.77. The average molecular weight is 272 g/mol. The molecule has 2 heterocycles. The highest BCUT2D eigenvalue weighted by Crippen LogP contribution is 2.18. The van der Waals surface area contributed by atoms with E-state index in [1.165, 1.54) is 0 Å². The van der Waals surface area contributed by atoms with Crippen LogP contribution in [0.2, 0.25) is 0 Å². The molecular weight excluding hydrogens is 248 g/mol. The highest BCUT2D eigenvalue weighted by atomic mass is 16.7. The Balaban J connectivity index is 1.58. The number of nitrogens with zero attached hydrogens (tertiary/aromatic N) is 2. The minimum Gasteiger partial charge on any atom is -0.481 e. The van der Waals surface area contributed by atoms with Gasteiger partial charge in [-0.25, -0.2) is 0 Å². The van der Waals surface area contributed by atoms with Crippen LogP contribution in [-0.2, 0) is 14.3 Å². The Morgan fingerprint density at radius 1 is 1.26 bits per heavy atom. The van der Waals surface area contributed by atoms with Gasteiger partial charge in [0.25, 0.3) is 0 Å². The number of aliphatic carboxylic acids is 1. The molecule has 6 heteroatoms. The maximum atomic E-state index is 10.5. The van der Waals surface area contributed by atoms with Crippen LogP contribution in [0.5, 0.6) is 0 Å². The van der Waals surface area contributed by atoms with Crippen molar-refractivity contribution in [2.75, 3.05) is 46.4 Å². The van der Waals surface area contributed by atoms with Crippen LogP contribution in [-0.4, -0.2) is 79.6 Å². The number of hydrogen-bond acceptors (Lipinski definition) is 5. The summed E-state index contributed by atoms with van der Waals surface area (Å²) >= 11 is 0. The number of carboxylic acid groups (broad SMARTS) is 1. The molecule has 0 saturated carbocycles. The molecule has 2 atom stereocenters. The Bertz CT molecular complexity index is 292. The van der Waals surface area contributed by atoms with E-state index < -0.39 is 5.97 Å². The van der Waals surface area contributed by atoms with Crippen molar-refractivity contribution in [2.45, 2.75) is 31.7 Å². The van der Waals surface area contributed by atoms with Gasteiger partial charge in [-0.3, -0.25) is 4.79 Å². The zero-order valence-corrected chi connectivity index (χ0v) is 11.6. The molecule has 0 aromatic heterocycles. The first kappa shape index (κ1) is 14.7. The third-order valence-electron chi connectivity index (χ3n) is 3.77. The molecule has 0 radical (unpaired) electrons. The number of carbonyl (C=O) groups is 1. The van der Waals surface area contributed by atoms with Gasteiger partial charge in [-0.2, -0.15) is 0 Å². The predicted octanol–water partition coefficient (Wildman–Crippen LogP) is 0.230. The number of piperazine rings is 1. The monoisotopic (exact) mass is 272 g/mol. The van der Waals surface area contributed by atoms with Crippen molar-refractivity contribution in [3.8, 4) is 0 Å². The summed E-state index contributed by atoms with van der Waals surface area (Å²) < 4.78 is 11.3. The van der Waals surface area contributed by atoms with Crippen LogP contribution in [0, 0.1) is 0 Å². The van der Waals surface area contributed by atoms with E-state index in [4.69, 9.17) is 14.6 Å². The Morgan fingerprint density at radius 2 is 2.00 bits per heavy atom. The molecule has 2 saturated heterocycles. The number of carboxylic acids is 1. The van der Waals surface area contributed by atoms with Crippen LogP contribution in [0.3, 0.4) is 0 Å². The van der Waals surface area contributed by atoms with Crippen LogP contribution in [0.4, 0.5) is 0 Å². The molecule has 110 valence electrons. The molecule has 0 aromatic rings. The first-order chi connectivity index (χ1) is 9.13. The number of rotatable bonds is 6. The van der Waals surface area contributed by atoms with Gasteiger partial charge in [-0.15, -0.1) is 0 Å². The van der Waals surface area contributed by atoms with Crippen molar-refractivity contribution < 1.29 is 19.4 Å². The van der Waals surface area contributed by atoms with E-state index in [0.717, 1.165) is 39.1 Å². The molecule has 2 fully saturated rings. The fourth-order valence-electron chi connectivity index (χ4n) is 2.45.